The number of hydrogen-bond donors (Lipinski definition) is 0. The largest absolute Gasteiger partial charge is 0.341 e. The molecule has 1 aromatic carbocycles. The van der Waals surface area contributed by atoms with Gasteiger partial charge in [0.25, 0.3) is 0 Å². The lowest BCUT2D eigenvalue weighted by Crippen LogP contribution is -2.56. The summed E-state index contributed by atoms with van der Waals surface area (Å²) in [6, 6.07) is 9.55. The summed E-state index contributed by atoms with van der Waals surface area (Å²) in [5, 5.41) is 9.25. The molecule has 2 aliphatic heterocycles. The second-order valence-corrected chi connectivity index (χ2v) is 6.44. The Bertz CT molecular complexity index is 682. The number of anilines is 1. The Hall–Kier alpha value is -2.39. The van der Waals surface area contributed by atoms with Gasteiger partial charge in [-0.05, 0) is 25.5 Å². The Morgan fingerprint density at radius 1 is 1.21 bits per heavy atom. The second-order valence-electron chi connectivity index (χ2n) is 6.44. The zero-order valence-corrected chi connectivity index (χ0v) is 13.9. The van der Waals surface area contributed by atoms with Crippen LogP contribution in [0.5, 0.6) is 0 Å². The van der Waals surface area contributed by atoms with Crippen LogP contribution in [0.25, 0.3) is 0 Å². The predicted molar refractivity (Wildman–Crippen MR) is 90.4 cm³/mol. The molecule has 6 nitrogen and oxygen atoms in total. The van der Waals surface area contributed by atoms with E-state index in [1.807, 2.05) is 17.0 Å². The number of likely N-dealkylation sites (tertiary alicyclic amines) is 1. The minimum atomic E-state index is 0.00329. The molecule has 2 heterocycles. The molecule has 0 aliphatic carbocycles. The normalized spacial score (nSPS) is 22.1. The Kier molecular flexibility index (Phi) is 4.81. The lowest BCUT2D eigenvalue weighted by Gasteiger charge is -2.40. The number of amides is 2. The van der Waals surface area contributed by atoms with Crippen molar-refractivity contribution in [3.63, 3.8) is 0 Å². The van der Waals surface area contributed by atoms with Crippen molar-refractivity contribution in [1.82, 2.24) is 9.80 Å². The van der Waals surface area contributed by atoms with Gasteiger partial charge in [-0.2, -0.15) is 5.26 Å². The molecule has 3 rings (SSSR count). The molecule has 126 valence electrons. The van der Waals surface area contributed by atoms with Crippen LogP contribution >= 0.6 is 0 Å². The highest BCUT2D eigenvalue weighted by Gasteiger charge is 2.32. The fraction of sp³-hybridized carbons (Fsp3) is 0.500. The minimum absolute atomic E-state index is 0.00329. The molecule has 0 saturated carbocycles. The third-order valence-corrected chi connectivity index (χ3v) is 4.85. The van der Waals surface area contributed by atoms with Crippen LogP contribution in [0.4, 0.5) is 5.69 Å². The molecule has 2 fully saturated rings. The van der Waals surface area contributed by atoms with E-state index in [0.29, 0.717) is 43.9 Å². The van der Waals surface area contributed by atoms with Crippen molar-refractivity contribution in [1.29, 1.82) is 5.26 Å². The lowest BCUT2D eigenvalue weighted by molar-refractivity contribution is -0.128. The first-order chi connectivity index (χ1) is 11.6. The van der Waals surface area contributed by atoms with Gasteiger partial charge in [0, 0.05) is 38.6 Å². The molecule has 2 aliphatic rings. The first kappa shape index (κ1) is 16.5. The Morgan fingerprint density at radius 2 is 2.00 bits per heavy atom. The van der Waals surface area contributed by atoms with E-state index in [4.69, 9.17) is 0 Å². The van der Waals surface area contributed by atoms with Gasteiger partial charge in [-0.1, -0.05) is 12.1 Å². The third-order valence-electron chi connectivity index (χ3n) is 4.85. The van der Waals surface area contributed by atoms with Crippen molar-refractivity contribution in [3.8, 4) is 6.07 Å². The van der Waals surface area contributed by atoms with E-state index in [2.05, 4.69) is 17.9 Å². The van der Waals surface area contributed by atoms with Crippen molar-refractivity contribution >= 4 is 17.5 Å². The number of hydrogen-bond acceptors (Lipinski definition) is 4. The molecule has 0 unspecified atom stereocenters. The van der Waals surface area contributed by atoms with Crippen molar-refractivity contribution < 1.29 is 9.59 Å². The average molecular weight is 326 g/mol. The zero-order valence-electron chi connectivity index (χ0n) is 13.9. The molecule has 0 aromatic heterocycles. The van der Waals surface area contributed by atoms with Crippen LogP contribution in [0.1, 0.15) is 25.3 Å². The van der Waals surface area contributed by atoms with E-state index in [9.17, 15) is 14.9 Å². The minimum Gasteiger partial charge on any atom is -0.341 e. The molecule has 0 N–H and O–H groups in total. The van der Waals surface area contributed by atoms with E-state index in [1.165, 1.54) is 0 Å². The maximum atomic E-state index is 12.6. The van der Waals surface area contributed by atoms with Gasteiger partial charge in [-0.3, -0.25) is 14.5 Å². The molecule has 1 atom stereocenters. The molecule has 0 radical (unpaired) electrons. The van der Waals surface area contributed by atoms with Crippen molar-refractivity contribution in [2.45, 2.75) is 25.8 Å². The first-order valence-corrected chi connectivity index (χ1v) is 8.41. The van der Waals surface area contributed by atoms with E-state index in [0.717, 1.165) is 13.0 Å². The molecule has 2 saturated heterocycles. The number of nitrogens with zero attached hydrogens (tertiary/aromatic N) is 4. The predicted octanol–water partition coefficient (Wildman–Crippen LogP) is 1.22. The van der Waals surface area contributed by atoms with Gasteiger partial charge in [-0.15, -0.1) is 0 Å². The number of carbonyl (C=O) groups is 2. The second kappa shape index (κ2) is 7.02. The molecular formula is C18H22N4O2. The van der Waals surface area contributed by atoms with Crippen LogP contribution in [0.3, 0.4) is 0 Å². The summed E-state index contributed by atoms with van der Waals surface area (Å²) in [5.41, 5.74) is 1.21. The standard InChI is InChI=1S/C18H22N4O2/c1-14-12-22(16-6-3-2-5-15(16)11-19)18(24)13-21(14)10-9-20-8-4-7-17(20)23/h2-3,5-6,14H,4,7-10,12-13H2,1H3/t14-/m1/s1. The van der Waals surface area contributed by atoms with Crippen LogP contribution in [0, 0.1) is 11.3 Å². The van der Waals surface area contributed by atoms with Gasteiger partial charge in [0.15, 0.2) is 0 Å². The van der Waals surface area contributed by atoms with Gasteiger partial charge >= 0.3 is 0 Å². The van der Waals surface area contributed by atoms with Crippen LogP contribution in [0.2, 0.25) is 0 Å². The van der Waals surface area contributed by atoms with Gasteiger partial charge in [0.1, 0.15) is 6.07 Å². The summed E-state index contributed by atoms with van der Waals surface area (Å²) in [7, 11) is 0. The van der Waals surface area contributed by atoms with E-state index >= 15 is 0 Å². The highest BCUT2D eigenvalue weighted by Crippen LogP contribution is 2.24. The zero-order chi connectivity index (χ0) is 17.1. The van der Waals surface area contributed by atoms with Crippen LogP contribution in [-0.2, 0) is 9.59 Å². The first-order valence-electron chi connectivity index (χ1n) is 8.41. The molecular weight excluding hydrogens is 304 g/mol. The van der Waals surface area contributed by atoms with Crippen molar-refractivity contribution in [2.75, 3.05) is 37.6 Å². The van der Waals surface area contributed by atoms with Crippen molar-refractivity contribution in [2.24, 2.45) is 0 Å². The summed E-state index contributed by atoms with van der Waals surface area (Å²) in [6.07, 6.45) is 1.58. The number of rotatable bonds is 4. The molecule has 6 heteroatoms. The van der Waals surface area contributed by atoms with Gasteiger partial charge in [0.05, 0.1) is 17.8 Å². The Labute approximate surface area is 142 Å². The smallest absolute Gasteiger partial charge is 0.241 e. The number of piperazine rings is 1. The maximum Gasteiger partial charge on any atom is 0.241 e. The van der Waals surface area contributed by atoms with Crippen LogP contribution < -0.4 is 4.90 Å². The molecule has 0 spiro atoms. The van der Waals surface area contributed by atoms with E-state index < -0.39 is 0 Å². The van der Waals surface area contributed by atoms with Crippen LogP contribution in [-0.4, -0.2) is 60.4 Å². The SMILES string of the molecule is C[C@@H]1CN(c2ccccc2C#N)C(=O)CN1CCN1CCCC1=O. The summed E-state index contributed by atoms with van der Waals surface area (Å²) in [6.45, 7) is 5.20. The van der Waals surface area contributed by atoms with Gasteiger partial charge in [-0.25, -0.2) is 0 Å². The maximum absolute atomic E-state index is 12.6. The van der Waals surface area contributed by atoms with Gasteiger partial charge < -0.3 is 9.80 Å². The van der Waals surface area contributed by atoms with E-state index in [-0.39, 0.29) is 17.9 Å². The highest BCUT2D eigenvalue weighted by atomic mass is 16.2. The monoisotopic (exact) mass is 326 g/mol. The number of benzene rings is 1. The number of para-hydroxylation sites is 1. The van der Waals surface area contributed by atoms with Crippen LogP contribution in [0.15, 0.2) is 24.3 Å². The fourth-order valence-corrected chi connectivity index (χ4v) is 3.42. The summed E-state index contributed by atoms with van der Waals surface area (Å²) < 4.78 is 0. The molecule has 0 bridgehead atoms. The van der Waals surface area contributed by atoms with E-state index in [1.54, 1.807) is 17.0 Å². The summed E-state index contributed by atoms with van der Waals surface area (Å²) >= 11 is 0. The summed E-state index contributed by atoms with van der Waals surface area (Å²) in [5.74, 6) is 0.221. The fourth-order valence-electron chi connectivity index (χ4n) is 3.42. The van der Waals surface area contributed by atoms with Crippen molar-refractivity contribution in [3.05, 3.63) is 29.8 Å². The Morgan fingerprint density at radius 3 is 2.71 bits per heavy atom. The Balaban J connectivity index is 1.65. The average Bonchev–Trinajstić information content (AvgIpc) is 3.00. The molecule has 1 aromatic rings. The number of nitriles is 1. The third kappa shape index (κ3) is 3.26. The highest BCUT2D eigenvalue weighted by molar-refractivity contribution is 5.96. The lowest BCUT2D eigenvalue weighted by atomic mass is 10.1. The quantitative estimate of drug-likeness (QED) is 0.834. The molecule has 2 amide bonds. The van der Waals surface area contributed by atoms with Gasteiger partial charge in [0.2, 0.25) is 11.8 Å². The number of carbonyl (C=O) groups excluding carboxylic acids is 2. The topological polar surface area (TPSA) is 67.7 Å². The summed E-state index contributed by atoms with van der Waals surface area (Å²) in [4.78, 5) is 30.0. The molecule has 24 heavy (non-hydrogen) atoms.